The van der Waals surface area contributed by atoms with Crippen LogP contribution in [0.2, 0.25) is 5.02 Å². The average Bonchev–Trinajstić information content (AvgIpc) is 2.54. The highest BCUT2D eigenvalue weighted by atomic mass is 35.5. The van der Waals surface area contributed by atoms with Gasteiger partial charge in [-0.25, -0.2) is 0 Å². The molecule has 1 aromatic rings. The van der Waals surface area contributed by atoms with E-state index in [4.69, 9.17) is 21.3 Å². The molecule has 0 aliphatic rings. The van der Waals surface area contributed by atoms with Crippen molar-refractivity contribution in [2.24, 2.45) is 4.99 Å². The van der Waals surface area contributed by atoms with Gasteiger partial charge in [0.15, 0.2) is 5.96 Å². The van der Waals surface area contributed by atoms with E-state index in [-0.39, 0.29) is 0 Å². The molecule has 0 fully saturated rings. The van der Waals surface area contributed by atoms with E-state index in [0.29, 0.717) is 0 Å². The Bertz CT molecular complexity index is 464. The Hall–Kier alpha value is -1.30. The van der Waals surface area contributed by atoms with Gasteiger partial charge in [-0.1, -0.05) is 23.7 Å². The van der Waals surface area contributed by atoms with E-state index in [1.807, 2.05) is 31.3 Å². The summed E-state index contributed by atoms with van der Waals surface area (Å²) in [6.07, 6.45) is 0. The second-order valence-electron chi connectivity index (χ2n) is 5.51. The molecular weight excluding hydrogens is 312 g/mol. The Morgan fingerprint density at radius 3 is 2.52 bits per heavy atom. The second-order valence-corrected chi connectivity index (χ2v) is 5.95. The van der Waals surface area contributed by atoms with Crippen LogP contribution in [0.3, 0.4) is 0 Å². The standard InChI is InChI=1S/C17H29ClN4O/c1-5-19-17(20-10-11-21(2)12-13-23-4)22(3)14-15-6-8-16(18)9-7-15/h6-9H,5,10-14H2,1-4H3,(H,19,20). The van der Waals surface area contributed by atoms with Gasteiger partial charge in [-0.2, -0.15) is 0 Å². The number of nitrogens with zero attached hydrogens (tertiary/aromatic N) is 3. The minimum absolute atomic E-state index is 0.747. The molecule has 0 radical (unpaired) electrons. The maximum absolute atomic E-state index is 5.93. The second kappa shape index (κ2) is 11.3. The van der Waals surface area contributed by atoms with Gasteiger partial charge >= 0.3 is 0 Å². The molecule has 0 aliphatic carbocycles. The van der Waals surface area contributed by atoms with Gasteiger partial charge in [0.25, 0.3) is 0 Å². The Balaban J connectivity index is 2.54. The zero-order chi connectivity index (χ0) is 17.1. The largest absolute Gasteiger partial charge is 0.383 e. The fourth-order valence-corrected chi connectivity index (χ4v) is 2.22. The third-order valence-corrected chi connectivity index (χ3v) is 3.70. The highest BCUT2D eigenvalue weighted by molar-refractivity contribution is 6.30. The van der Waals surface area contributed by atoms with Crippen molar-refractivity contribution in [3.63, 3.8) is 0 Å². The monoisotopic (exact) mass is 340 g/mol. The molecule has 5 nitrogen and oxygen atoms in total. The van der Waals surface area contributed by atoms with E-state index in [9.17, 15) is 0 Å². The van der Waals surface area contributed by atoms with E-state index < -0.39 is 0 Å². The number of hydrogen-bond donors (Lipinski definition) is 1. The molecule has 0 aromatic heterocycles. The first-order valence-electron chi connectivity index (χ1n) is 7.98. The van der Waals surface area contributed by atoms with Crippen LogP contribution in [0, 0.1) is 0 Å². The zero-order valence-corrected chi connectivity index (χ0v) is 15.4. The quantitative estimate of drug-likeness (QED) is 0.553. The maximum atomic E-state index is 5.93. The topological polar surface area (TPSA) is 40.1 Å². The van der Waals surface area contributed by atoms with Crippen molar-refractivity contribution in [3.8, 4) is 0 Å². The summed E-state index contributed by atoms with van der Waals surface area (Å²) in [6.45, 7) is 7.06. The van der Waals surface area contributed by atoms with E-state index in [1.165, 1.54) is 5.56 Å². The predicted octanol–water partition coefficient (Wildman–Crippen LogP) is 2.32. The minimum Gasteiger partial charge on any atom is -0.383 e. The van der Waals surface area contributed by atoms with Gasteiger partial charge in [-0.05, 0) is 31.7 Å². The first kappa shape index (κ1) is 19.7. The molecule has 1 rings (SSSR count). The van der Waals surface area contributed by atoms with Crippen LogP contribution in [0.15, 0.2) is 29.3 Å². The summed E-state index contributed by atoms with van der Waals surface area (Å²) in [5, 5.41) is 4.10. The van der Waals surface area contributed by atoms with Crippen LogP contribution in [0.4, 0.5) is 0 Å². The van der Waals surface area contributed by atoms with Crippen molar-refractivity contribution in [2.45, 2.75) is 13.5 Å². The summed E-state index contributed by atoms with van der Waals surface area (Å²) in [5.74, 6) is 0.919. The lowest BCUT2D eigenvalue weighted by Gasteiger charge is -2.23. The number of ether oxygens (including phenoxy) is 1. The van der Waals surface area contributed by atoms with Crippen LogP contribution < -0.4 is 5.32 Å². The van der Waals surface area contributed by atoms with E-state index in [0.717, 1.165) is 50.3 Å². The third kappa shape index (κ3) is 8.21. The number of benzene rings is 1. The van der Waals surface area contributed by atoms with Crippen LogP contribution in [-0.4, -0.2) is 69.8 Å². The molecule has 0 unspecified atom stereocenters. The minimum atomic E-state index is 0.747. The van der Waals surface area contributed by atoms with E-state index in [1.54, 1.807) is 7.11 Å². The lowest BCUT2D eigenvalue weighted by Crippen LogP contribution is -2.39. The first-order valence-corrected chi connectivity index (χ1v) is 8.36. The predicted molar refractivity (Wildman–Crippen MR) is 98.3 cm³/mol. The van der Waals surface area contributed by atoms with Crippen LogP contribution >= 0.6 is 11.6 Å². The Labute approximate surface area is 145 Å². The number of halogens is 1. The summed E-state index contributed by atoms with van der Waals surface area (Å²) in [5.41, 5.74) is 1.21. The summed E-state index contributed by atoms with van der Waals surface area (Å²) >= 11 is 5.93. The molecule has 0 bridgehead atoms. The van der Waals surface area contributed by atoms with Crippen molar-refractivity contribution >= 4 is 17.6 Å². The lowest BCUT2D eigenvalue weighted by atomic mass is 10.2. The summed E-state index contributed by atoms with van der Waals surface area (Å²) in [4.78, 5) is 9.04. The molecule has 1 N–H and O–H groups in total. The normalized spacial score (nSPS) is 11.8. The molecule has 0 saturated carbocycles. The third-order valence-electron chi connectivity index (χ3n) is 3.45. The zero-order valence-electron chi connectivity index (χ0n) is 14.7. The average molecular weight is 341 g/mol. The van der Waals surface area contributed by atoms with E-state index in [2.05, 4.69) is 29.1 Å². The molecule has 23 heavy (non-hydrogen) atoms. The smallest absolute Gasteiger partial charge is 0.194 e. The Morgan fingerprint density at radius 1 is 1.22 bits per heavy atom. The molecule has 130 valence electrons. The molecule has 0 spiro atoms. The van der Waals surface area contributed by atoms with Crippen molar-refractivity contribution < 1.29 is 4.74 Å². The first-order chi connectivity index (χ1) is 11.1. The highest BCUT2D eigenvalue weighted by Crippen LogP contribution is 2.11. The number of guanidine groups is 1. The van der Waals surface area contributed by atoms with Gasteiger partial charge in [0.2, 0.25) is 0 Å². The summed E-state index contributed by atoms with van der Waals surface area (Å²) in [6, 6.07) is 7.92. The summed E-state index contributed by atoms with van der Waals surface area (Å²) in [7, 11) is 5.85. The molecule has 0 saturated heterocycles. The Morgan fingerprint density at radius 2 is 1.91 bits per heavy atom. The molecule has 6 heteroatoms. The molecule has 0 heterocycles. The number of rotatable bonds is 9. The molecule has 0 amide bonds. The van der Waals surface area contributed by atoms with Crippen molar-refractivity contribution in [1.29, 1.82) is 0 Å². The molecule has 1 aromatic carbocycles. The van der Waals surface area contributed by atoms with Crippen molar-refractivity contribution in [1.82, 2.24) is 15.1 Å². The number of aliphatic imine (C=N–C) groups is 1. The SMILES string of the molecule is CCNC(=NCCN(C)CCOC)N(C)Cc1ccc(Cl)cc1. The fourth-order valence-electron chi connectivity index (χ4n) is 2.09. The Kier molecular flexibility index (Phi) is 9.67. The van der Waals surface area contributed by atoms with Gasteiger partial charge in [0.05, 0.1) is 13.2 Å². The number of hydrogen-bond acceptors (Lipinski definition) is 3. The molecule has 0 aliphatic heterocycles. The maximum Gasteiger partial charge on any atom is 0.194 e. The summed E-state index contributed by atoms with van der Waals surface area (Å²) < 4.78 is 5.08. The van der Waals surface area contributed by atoms with Crippen LogP contribution in [0.25, 0.3) is 0 Å². The van der Waals surface area contributed by atoms with Gasteiger partial charge in [0, 0.05) is 45.4 Å². The van der Waals surface area contributed by atoms with Crippen molar-refractivity contribution in [3.05, 3.63) is 34.9 Å². The lowest BCUT2D eigenvalue weighted by molar-refractivity contribution is 0.163. The van der Waals surface area contributed by atoms with Gasteiger partial charge in [-0.3, -0.25) is 4.99 Å². The van der Waals surface area contributed by atoms with Gasteiger partial charge in [-0.15, -0.1) is 0 Å². The van der Waals surface area contributed by atoms with Crippen molar-refractivity contribution in [2.75, 3.05) is 54.0 Å². The number of methoxy groups -OCH3 is 1. The van der Waals surface area contributed by atoms with Crippen LogP contribution in [0.1, 0.15) is 12.5 Å². The van der Waals surface area contributed by atoms with E-state index >= 15 is 0 Å². The molecular formula is C17H29ClN4O. The van der Waals surface area contributed by atoms with Gasteiger partial charge < -0.3 is 19.9 Å². The number of nitrogens with one attached hydrogen (secondary N) is 1. The molecule has 0 atom stereocenters. The van der Waals surface area contributed by atoms with Crippen LogP contribution in [0.5, 0.6) is 0 Å². The fraction of sp³-hybridized carbons (Fsp3) is 0.588. The van der Waals surface area contributed by atoms with Crippen LogP contribution in [-0.2, 0) is 11.3 Å². The highest BCUT2D eigenvalue weighted by Gasteiger charge is 2.06. The van der Waals surface area contributed by atoms with Gasteiger partial charge in [0.1, 0.15) is 0 Å². The number of likely N-dealkylation sites (N-methyl/N-ethyl adjacent to an activating group) is 1.